The van der Waals surface area contributed by atoms with Crippen molar-refractivity contribution < 1.29 is 4.79 Å². The van der Waals surface area contributed by atoms with Gasteiger partial charge < -0.3 is 4.90 Å². The quantitative estimate of drug-likeness (QED) is 0.720. The molecule has 0 N–H and O–H groups in total. The molecular weight excluding hydrogens is 200 g/mol. The van der Waals surface area contributed by atoms with Crippen molar-refractivity contribution in [1.82, 2.24) is 4.98 Å². The molecule has 0 saturated heterocycles. The van der Waals surface area contributed by atoms with Gasteiger partial charge in [0.05, 0.1) is 0 Å². The normalized spacial score (nSPS) is 10.4. The molecule has 0 radical (unpaired) electrons. The molecule has 0 spiro atoms. The summed E-state index contributed by atoms with van der Waals surface area (Å²) >= 11 is 0. The lowest BCUT2D eigenvalue weighted by Crippen LogP contribution is -2.12. The molecule has 0 atom stereocenters. The molecule has 3 nitrogen and oxygen atoms in total. The zero-order valence-corrected chi connectivity index (χ0v) is 9.69. The molecule has 16 heavy (non-hydrogen) atoms. The number of pyridine rings is 1. The molecular formula is C13H14N2O. The standard InChI is InChI=1S/C13H14N2O/c1-9(16)12-8-14-13(15(2)3)11-7-5-4-6-10(11)12/h4-8H,1-3H3. The number of hydrogen-bond acceptors (Lipinski definition) is 3. The van der Waals surface area contributed by atoms with Crippen molar-refractivity contribution in [1.29, 1.82) is 0 Å². The van der Waals surface area contributed by atoms with Crippen LogP contribution in [-0.2, 0) is 0 Å². The van der Waals surface area contributed by atoms with E-state index in [0.717, 1.165) is 16.6 Å². The molecule has 1 aromatic heterocycles. The highest BCUT2D eigenvalue weighted by Crippen LogP contribution is 2.25. The highest BCUT2D eigenvalue weighted by atomic mass is 16.1. The highest BCUT2D eigenvalue weighted by molar-refractivity contribution is 6.09. The molecule has 0 bridgehead atoms. The predicted octanol–water partition coefficient (Wildman–Crippen LogP) is 2.50. The van der Waals surface area contributed by atoms with E-state index in [-0.39, 0.29) is 5.78 Å². The summed E-state index contributed by atoms with van der Waals surface area (Å²) in [5.74, 6) is 0.939. The van der Waals surface area contributed by atoms with Gasteiger partial charge in [0.1, 0.15) is 5.82 Å². The summed E-state index contributed by atoms with van der Waals surface area (Å²) in [6, 6.07) is 7.85. The Balaban J connectivity index is 2.82. The zero-order chi connectivity index (χ0) is 11.7. The van der Waals surface area contributed by atoms with E-state index in [1.54, 1.807) is 13.1 Å². The number of anilines is 1. The molecule has 0 aliphatic heterocycles. The summed E-state index contributed by atoms with van der Waals surface area (Å²) in [6.07, 6.45) is 1.65. The summed E-state index contributed by atoms with van der Waals surface area (Å²) in [4.78, 5) is 17.8. The largest absolute Gasteiger partial charge is 0.362 e. The summed E-state index contributed by atoms with van der Waals surface area (Å²) in [5, 5.41) is 1.98. The van der Waals surface area contributed by atoms with E-state index in [9.17, 15) is 4.79 Å². The van der Waals surface area contributed by atoms with Crippen LogP contribution in [0.25, 0.3) is 10.8 Å². The molecule has 0 aliphatic carbocycles. The molecule has 1 aromatic carbocycles. The Morgan fingerprint density at radius 2 is 1.81 bits per heavy atom. The maximum absolute atomic E-state index is 11.5. The van der Waals surface area contributed by atoms with E-state index in [1.807, 2.05) is 43.3 Å². The van der Waals surface area contributed by atoms with Gasteiger partial charge in [0.2, 0.25) is 0 Å². The third-order valence-electron chi connectivity index (χ3n) is 2.58. The minimum Gasteiger partial charge on any atom is -0.362 e. The first kappa shape index (κ1) is 10.6. The molecule has 0 aliphatic rings. The fourth-order valence-electron chi connectivity index (χ4n) is 1.81. The summed E-state index contributed by atoms with van der Waals surface area (Å²) < 4.78 is 0. The van der Waals surface area contributed by atoms with Crippen LogP contribution in [0, 0.1) is 0 Å². The summed E-state index contributed by atoms with van der Waals surface area (Å²) in [5.41, 5.74) is 0.682. The number of nitrogens with zero attached hydrogens (tertiary/aromatic N) is 2. The second kappa shape index (κ2) is 3.93. The minimum absolute atomic E-state index is 0.0500. The van der Waals surface area contributed by atoms with Crippen LogP contribution in [0.4, 0.5) is 5.82 Å². The third kappa shape index (κ3) is 1.65. The molecule has 3 heteroatoms. The molecule has 0 fully saturated rings. The second-order valence-electron chi connectivity index (χ2n) is 3.99. The maximum Gasteiger partial charge on any atom is 0.161 e. The van der Waals surface area contributed by atoms with Crippen molar-refractivity contribution in [2.75, 3.05) is 19.0 Å². The first-order chi connectivity index (χ1) is 7.61. The SMILES string of the molecule is CC(=O)c1cnc(N(C)C)c2ccccc12. The Labute approximate surface area is 94.7 Å². The fraction of sp³-hybridized carbons (Fsp3) is 0.231. The first-order valence-corrected chi connectivity index (χ1v) is 5.17. The van der Waals surface area contributed by atoms with Crippen LogP contribution in [0.1, 0.15) is 17.3 Å². The van der Waals surface area contributed by atoms with Gasteiger partial charge in [-0.3, -0.25) is 4.79 Å². The second-order valence-corrected chi connectivity index (χ2v) is 3.99. The smallest absolute Gasteiger partial charge is 0.161 e. The number of hydrogen-bond donors (Lipinski definition) is 0. The average molecular weight is 214 g/mol. The Morgan fingerprint density at radius 1 is 1.19 bits per heavy atom. The van der Waals surface area contributed by atoms with E-state index >= 15 is 0 Å². The number of carbonyl (C=O) groups excluding carboxylic acids is 1. The van der Waals surface area contributed by atoms with Gasteiger partial charge in [0.15, 0.2) is 5.78 Å². The van der Waals surface area contributed by atoms with Crippen molar-refractivity contribution in [2.24, 2.45) is 0 Å². The van der Waals surface area contributed by atoms with Crippen LogP contribution in [0.5, 0.6) is 0 Å². The van der Waals surface area contributed by atoms with Crippen molar-refractivity contribution in [3.8, 4) is 0 Å². The van der Waals surface area contributed by atoms with E-state index < -0.39 is 0 Å². The van der Waals surface area contributed by atoms with Gasteiger partial charge in [0.25, 0.3) is 0 Å². The van der Waals surface area contributed by atoms with Gasteiger partial charge in [-0.05, 0) is 12.3 Å². The van der Waals surface area contributed by atoms with Gasteiger partial charge in [-0.2, -0.15) is 0 Å². The van der Waals surface area contributed by atoms with E-state index in [2.05, 4.69) is 4.98 Å². The fourth-order valence-corrected chi connectivity index (χ4v) is 1.81. The molecule has 2 rings (SSSR count). The van der Waals surface area contributed by atoms with Crippen molar-refractivity contribution in [3.05, 3.63) is 36.0 Å². The van der Waals surface area contributed by atoms with Crippen LogP contribution in [-0.4, -0.2) is 24.9 Å². The molecule has 0 unspecified atom stereocenters. The minimum atomic E-state index is 0.0500. The number of rotatable bonds is 2. The van der Waals surface area contributed by atoms with Gasteiger partial charge in [0, 0.05) is 31.2 Å². The van der Waals surface area contributed by atoms with E-state index in [0.29, 0.717) is 5.56 Å². The number of aromatic nitrogens is 1. The Hall–Kier alpha value is -1.90. The summed E-state index contributed by atoms with van der Waals surface area (Å²) in [7, 11) is 3.89. The van der Waals surface area contributed by atoms with Gasteiger partial charge in [-0.1, -0.05) is 24.3 Å². The van der Waals surface area contributed by atoms with Crippen LogP contribution >= 0.6 is 0 Å². The maximum atomic E-state index is 11.5. The van der Waals surface area contributed by atoms with Crippen molar-refractivity contribution >= 4 is 22.4 Å². The lowest BCUT2D eigenvalue weighted by Gasteiger charge is -2.15. The monoisotopic (exact) mass is 214 g/mol. The van der Waals surface area contributed by atoms with E-state index in [4.69, 9.17) is 0 Å². The lowest BCUT2D eigenvalue weighted by atomic mass is 10.0. The topological polar surface area (TPSA) is 33.2 Å². The van der Waals surface area contributed by atoms with Crippen LogP contribution in [0.15, 0.2) is 30.5 Å². The molecule has 82 valence electrons. The number of Topliss-reactive ketones (excluding diaryl/α,β-unsaturated/α-hetero) is 1. The van der Waals surface area contributed by atoms with Crippen LogP contribution in [0.2, 0.25) is 0 Å². The third-order valence-corrected chi connectivity index (χ3v) is 2.58. The van der Waals surface area contributed by atoms with Crippen LogP contribution < -0.4 is 4.90 Å². The molecule has 1 heterocycles. The number of ketones is 1. The van der Waals surface area contributed by atoms with Gasteiger partial charge in [-0.25, -0.2) is 4.98 Å². The average Bonchev–Trinajstić information content (AvgIpc) is 2.27. The first-order valence-electron chi connectivity index (χ1n) is 5.17. The van der Waals surface area contributed by atoms with Crippen molar-refractivity contribution in [2.45, 2.75) is 6.92 Å². The highest BCUT2D eigenvalue weighted by Gasteiger charge is 2.10. The number of fused-ring (bicyclic) bond motifs is 1. The Morgan fingerprint density at radius 3 is 2.38 bits per heavy atom. The van der Waals surface area contributed by atoms with E-state index in [1.165, 1.54) is 0 Å². The molecule has 2 aromatic rings. The van der Waals surface area contributed by atoms with Crippen molar-refractivity contribution in [3.63, 3.8) is 0 Å². The molecule has 0 amide bonds. The predicted molar refractivity (Wildman–Crippen MR) is 66.1 cm³/mol. The number of benzene rings is 1. The Kier molecular flexibility index (Phi) is 2.60. The Bertz CT molecular complexity index is 547. The van der Waals surface area contributed by atoms with Gasteiger partial charge >= 0.3 is 0 Å². The molecule has 0 saturated carbocycles. The summed E-state index contributed by atoms with van der Waals surface area (Å²) in [6.45, 7) is 1.57. The van der Waals surface area contributed by atoms with Crippen LogP contribution in [0.3, 0.4) is 0 Å². The van der Waals surface area contributed by atoms with Gasteiger partial charge in [-0.15, -0.1) is 0 Å². The lowest BCUT2D eigenvalue weighted by molar-refractivity contribution is 0.101. The number of carbonyl (C=O) groups is 1. The zero-order valence-electron chi connectivity index (χ0n) is 9.69.